The number of aryl methyl sites for hydroxylation is 2. The first kappa shape index (κ1) is 20.0. The third kappa shape index (κ3) is 4.02. The molecule has 1 aromatic carbocycles. The number of pyridine rings is 2. The molecule has 0 N–H and O–H groups in total. The lowest BCUT2D eigenvalue weighted by Gasteiger charge is -2.34. The van der Waals surface area contributed by atoms with E-state index in [9.17, 15) is 10.1 Å². The van der Waals surface area contributed by atoms with Gasteiger partial charge in [0, 0.05) is 39.0 Å². The molecule has 2 aromatic heterocycles. The van der Waals surface area contributed by atoms with Crippen molar-refractivity contribution in [2.75, 3.05) is 18.0 Å². The van der Waals surface area contributed by atoms with Crippen LogP contribution in [0.1, 0.15) is 37.4 Å². The van der Waals surface area contributed by atoms with Gasteiger partial charge in [-0.3, -0.25) is 4.79 Å². The molecular formula is C24H26N4O2. The Hall–Kier alpha value is -3.33. The van der Waals surface area contributed by atoms with Gasteiger partial charge in [-0.25, -0.2) is 4.98 Å². The van der Waals surface area contributed by atoms with Crippen molar-refractivity contribution in [1.82, 2.24) is 9.55 Å². The molecule has 4 rings (SSSR count). The predicted molar refractivity (Wildman–Crippen MR) is 118 cm³/mol. The first-order chi connectivity index (χ1) is 14.6. The van der Waals surface area contributed by atoms with Crippen LogP contribution in [0.3, 0.4) is 0 Å². The molecule has 0 atom stereocenters. The third-order valence-corrected chi connectivity index (χ3v) is 5.73. The molecule has 3 aromatic rings. The second kappa shape index (κ2) is 8.58. The number of ether oxygens (including phenoxy) is 1. The number of anilines is 1. The lowest BCUT2D eigenvalue weighted by atomic mass is 10.1. The van der Waals surface area contributed by atoms with Crippen LogP contribution in [0.2, 0.25) is 0 Å². The monoisotopic (exact) mass is 402 g/mol. The highest BCUT2D eigenvalue weighted by Crippen LogP contribution is 2.28. The van der Waals surface area contributed by atoms with Crippen LogP contribution in [0.4, 0.5) is 5.69 Å². The van der Waals surface area contributed by atoms with Gasteiger partial charge in [-0.1, -0.05) is 25.5 Å². The molecule has 0 saturated carbocycles. The minimum atomic E-state index is -0.0745. The quantitative estimate of drug-likeness (QED) is 0.649. The largest absolute Gasteiger partial charge is 0.490 e. The van der Waals surface area contributed by atoms with Crippen molar-refractivity contribution in [3.63, 3.8) is 0 Å². The summed E-state index contributed by atoms with van der Waals surface area (Å²) >= 11 is 0. The Kier molecular flexibility index (Phi) is 5.71. The maximum absolute atomic E-state index is 12.4. The Morgan fingerprint density at radius 2 is 1.90 bits per heavy atom. The van der Waals surface area contributed by atoms with Gasteiger partial charge in [0.2, 0.25) is 0 Å². The molecule has 0 bridgehead atoms. The van der Waals surface area contributed by atoms with Crippen molar-refractivity contribution in [3.05, 3.63) is 64.1 Å². The second-order valence-corrected chi connectivity index (χ2v) is 7.80. The van der Waals surface area contributed by atoms with Gasteiger partial charge in [-0.05, 0) is 36.2 Å². The Morgan fingerprint density at radius 3 is 2.57 bits per heavy atom. The van der Waals surface area contributed by atoms with Gasteiger partial charge in [0.05, 0.1) is 11.2 Å². The maximum Gasteiger partial charge on any atom is 0.252 e. The molecule has 0 radical (unpaired) electrons. The average molecular weight is 402 g/mol. The summed E-state index contributed by atoms with van der Waals surface area (Å²) in [6.07, 6.45) is 4.11. The van der Waals surface area contributed by atoms with Crippen LogP contribution in [0.5, 0.6) is 5.75 Å². The van der Waals surface area contributed by atoms with E-state index in [0.717, 1.165) is 55.7 Å². The van der Waals surface area contributed by atoms with Crippen LogP contribution in [-0.2, 0) is 13.5 Å². The standard InChI is InChI=1S/C24H26N4O2/c1-3-4-17-5-8-19(9-6-17)30-20-11-13-28(14-12-20)22-15-23(29)27(2)21-10-7-18(16-25)26-24(21)22/h5-10,15,20H,3-4,11-14H2,1-2H3. The predicted octanol–water partition coefficient (Wildman–Crippen LogP) is 3.81. The summed E-state index contributed by atoms with van der Waals surface area (Å²) in [5.74, 6) is 0.910. The van der Waals surface area contributed by atoms with E-state index in [-0.39, 0.29) is 11.7 Å². The van der Waals surface area contributed by atoms with Gasteiger partial charge in [0.15, 0.2) is 0 Å². The van der Waals surface area contributed by atoms with Gasteiger partial charge in [-0.2, -0.15) is 5.26 Å². The van der Waals surface area contributed by atoms with Gasteiger partial charge in [-0.15, -0.1) is 0 Å². The number of benzene rings is 1. The first-order valence-electron chi connectivity index (χ1n) is 10.5. The minimum Gasteiger partial charge on any atom is -0.490 e. The summed E-state index contributed by atoms with van der Waals surface area (Å²) in [7, 11) is 1.73. The van der Waals surface area contributed by atoms with E-state index in [1.54, 1.807) is 29.8 Å². The molecule has 6 heteroatoms. The lowest BCUT2D eigenvalue weighted by Crippen LogP contribution is -2.39. The van der Waals surface area contributed by atoms with Crippen molar-refractivity contribution in [2.24, 2.45) is 7.05 Å². The minimum absolute atomic E-state index is 0.0745. The zero-order chi connectivity index (χ0) is 21.1. The number of hydrogen-bond donors (Lipinski definition) is 0. The van der Waals surface area contributed by atoms with E-state index in [4.69, 9.17) is 4.74 Å². The van der Waals surface area contributed by atoms with E-state index in [1.165, 1.54) is 5.56 Å². The number of fused-ring (bicyclic) bond motifs is 1. The van der Waals surface area contributed by atoms with Crippen molar-refractivity contribution in [2.45, 2.75) is 38.7 Å². The second-order valence-electron chi connectivity index (χ2n) is 7.80. The highest BCUT2D eigenvalue weighted by molar-refractivity contribution is 5.88. The number of nitrogens with zero attached hydrogens (tertiary/aromatic N) is 4. The van der Waals surface area contributed by atoms with Gasteiger partial charge < -0.3 is 14.2 Å². The zero-order valence-electron chi connectivity index (χ0n) is 17.5. The SMILES string of the molecule is CCCc1ccc(OC2CCN(c3cc(=O)n(C)c4ccc(C#N)nc34)CC2)cc1. The van der Waals surface area contributed by atoms with Gasteiger partial charge in [0.1, 0.15) is 29.1 Å². The number of aromatic nitrogens is 2. The van der Waals surface area contributed by atoms with E-state index < -0.39 is 0 Å². The molecule has 154 valence electrons. The lowest BCUT2D eigenvalue weighted by molar-refractivity contribution is 0.171. The summed E-state index contributed by atoms with van der Waals surface area (Å²) in [4.78, 5) is 19.1. The number of hydrogen-bond acceptors (Lipinski definition) is 5. The molecule has 1 aliphatic heterocycles. The Morgan fingerprint density at radius 1 is 1.17 bits per heavy atom. The number of nitriles is 1. The normalized spacial score (nSPS) is 14.6. The molecule has 30 heavy (non-hydrogen) atoms. The molecule has 6 nitrogen and oxygen atoms in total. The zero-order valence-corrected chi connectivity index (χ0v) is 17.5. The van der Waals surface area contributed by atoms with Crippen LogP contribution >= 0.6 is 0 Å². The fourth-order valence-corrected chi connectivity index (χ4v) is 4.05. The van der Waals surface area contributed by atoms with E-state index in [1.807, 2.05) is 0 Å². The fourth-order valence-electron chi connectivity index (χ4n) is 4.05. The fraction of sp³-hybridized carbons (Fsp3) is 0.375. The molecule has 0 unspecified atom stereocenters. The van der Waals surface area contributed by atoms with E-state index in [2.05, 4.69) is 47.1 Å². The van der Waals surface area contributed by atoms with E-state index >= 15 is 0 Å². The van der Waals surface area contributed by atoms with Crippen molar-refractivity contribution in [3.8, 4) is 11.8 Å². The topological polar surface area (TPSA) is 71.2 Å². The summed E-state index contributed by atoms with van der Waals surface area (Å²) in [5, 5.41) is 9.23. The molecule has 1 fully saturated rings. The molecule has 0 aliphatic carbocycles. The molecule has 1 aliphatic rings. The smallest absolute Gasteiger partial charge is 0.252 e. The number of piperidine rings is 1. The summed E-state index contributed by atoms with van der Waals surface area (Å²) < 4.78 is 7.76. The van der Waals surface area contributed by atoms with Crippen LogP contribution in [-0.4, -0.2) is 28.7 Å². The van der Waals surface area contributed by atoms with Crippen molar-refractivity contribution in [1.29, 1.82) is 5.26 Å². The third-order valence-electron chi connectivity index (χ3n) is 5.73. The van der Waals surface area contributed by atoms with Crippen LogP contribution < -0.4 is 15.2 Å². The van der Waals surface area contributed by atoms with Crippen molar-refractivity contribution < 1.29 is 4.74 Å². The molecular weight excluding hydrogens is 376 g/mol. The highest BCUT2D eigenvalue weighted by Gasteiger charge is 2.23. The highest BCUT2D eigenvalue weighted by atomic mass is 16.5. The average Bonchev–Trinajstić information content (AvgIpc) is 2.78. The molecule has 3 heterocycles. The number of rotatable bonds is 5. The Labute approximate surface area is 176 Å². The van der Waals surface area contributed by atoms with Crippen LogP contribution in [0.15, 0.2) is 47.3 Å². The summed E-state index contributed by atoms with van der Waals surface area (Å²) in [6, 6.07) is 15.6. The van der Waals surface area contributed by atoms with Gasteiger partial charge >= 0.3 is 0 Å². The van der Waals surface area contributed by atoms with Crippen LogP contribution in [0.25, 0.3) is 11.0 Å². The molecule has 0 spiro atoms. The van der Waals surface area contributed by atoms with E-state index in [0.29, 0.717) is 11.2 Å². The molecule has 0 amide bonds. The van der Waals surface area contributed by atoms with Gasteiger partial charge in [0.25, 0.3) is 5.56 Å². The van der Waals surface area contributed by atoms with Crippen molar-refractivity contribution >= 4 is 16.7 Å². The molecule has 1 saturated heterocycles. The Balaban J connectivity index is 1.50. The summed E-state index contributed by atoms with van der Waals surface area (Å²) in [6.45, 7) is 3.74. The summed E-state index contributed by atoms with van der Waals surface area (Å²) in [5.41, 5.74) is 3.85. The first-order valence-corrected chi connectivity index (χ1v) is 10.5. The van der Waals surface area contributed by atoms with Crippen LogP contribution in [0, 0.1) is 11.3 Å². The maximum atomic E-state index is 12.4. The Bertz CT molecular complexity index is 1140.